The van der Waals surface area contributed by atoms with Crippen LogP contribution in [0, 0.1) is 5.82 Å². The summed E-state index contributed by atoms with van der Waals surface area (Å²) in [6.07, 6.45) is 2.21. The Hall–Kier alpha value is -1.71. The smallest absolute Gasteiger partial charge is 0.240 e. The highest BCUT2D eigenvalue weighted by molar-refractivity contribution is 7.89. The first-order valence-corrected chi connectivity index (χ1v) is 13.6. The van der Waals surface area contributed by atoms with Gasteiger partial charge in [-0.05, 0) is 50.3 Å². The molecule has 2 rings (SSSR count). The molecule has 1 aliphatic rings. The van der Waals surface area contributed by atoms with Crippen molar-refractivity contribution in [1.29, 1.82) is 0 Å². The molecule has 7 nitrogen and oxygen atoms in total. The second kappa shape index (κ2) is 12.7. The zero-order valence-corrected chi connectivity index (χ0v) is 21.2. The molecule has 1 fully saturated rings. The summed E-state index contributed by atoms with van der Waals surface area (Å²) in [6.45, 7) is 6.55. The van der Waals surface area contributed by atoms with Crippen LogP contribution in [0.25, 0.3) is 0 Å². The summed E-state index contributed by atoms with van der Waals surface area (Å²) >= 11 is 5.94. The molecule has 0 spiro atoms. The van der Waals surface area contributed by atoms with Crippen molar-refractivity contribution in [3.63, 3.8) is 0 Å². The van der Waals surface area contributed by atoms with Gasteiger partial charge >= 0.3 is 0 Å². The Balaban J connectivity index is 2.22. The van der Waals surface area contributed by atoms with Gasteiger partial charge in [0.1, 0.15) is 11.2 Å². The maximum atomic E-state index is 13.4. The number of likely N-dealkylation sites (tertiary alicyclic amines) is 1. The Labute approximate surface area is 201 Å². The van der Waals surface area contributed by atoms with E-state index in [1.54, 1.807) is 35.8 Å². The first-order chi connectivity index (χ1) is 15.6. The van der Waals surface area contributed by atoms with Crippen LogP contribution in [0.3, 0.4) is 0 Å². The van der Waals surface area contributed by atoms with E-state index in [1.165, 1.54) is 16.4 Å². The molecule has 0 aromatic heterocycles. The molecular formula is C23H35ClFN3O4S. The van der Waals surface area contributed by atoms with Gasteiger partial charge in [0.15, 0.2) is 0 Å². The van der Waals surface area contributed by atoms with E-state index in [-0.39, 0.29) is 49.1 Å². The third-order valence-electron chi connectivity index (χ3n) is 5.78. The maximum Gasteiger partial charge on any atom is 0.240 e. The number of benzene rings is 1. The second-order valence-corrected chi connectivity index (χ2v) is 11.2. The van der Waals surface area contributed by atoms with E-state index < -0.39 is 15.4 Å². The standard InChI is InChI=1S/C23H35ClFN3O4S/c1-4-12-27(33(31,32)15-5-2)17-22(29)28(16-19-6-8-20(25)9-7-19)21-10-13-26(14-11-21)23(30)18(3)24/h6-9,18,21H,4-5,10-17H2,1-3H3/t18-/m0/s1. The molecule has 1 heterocycles. The van der Waals surface area contributed by atoms with E-state index in [2.05, 4.69) is 0 Å². The van der Waals surface area contributed by atoms with Crippen molar-refractivity contribution in [3.05, 3.63) is 35.6 Å². The number of alkyl halides is 1. The average Bonchev–Trinajstić information content (AvgIpc) is 2.78. The van der Waals surface area contributed by atoms with Crippen LogP contribution in [0.1, 0.15) is 52.0 Å². The molecule has 0 unspecified atom stereocenters. The second-order valence-electron chi connectivity index (χ2n) is 8.47. The summed E-state index contributed by atoms with van der Waals surface area (Å²) in [5.74, 6) is -0.789. The highest BCUT2D eigenvalue weighted by Crippen LogP contribution is 2.22. The summed E-state index contributed by atoms with van der Waals surface area (Å²) in [5.41, 5.74) is 0.760. The number of hydrogen-bond acceptors (Lipinski definition) is 4. The Kier molecular flexibility index (Phi) is 10.6. The van der Waals surface area contributed by atoms with Crippen molar-refractivity contribution in [3.8, 4) is 0 Å². The van der Waals surface area contributed by atoms with Crippen molar-refractivity contribution in [1.82, 2.24) is 14.1 Å². The molecule has 1 atom stereocenters. The van der Waals surface area contributed by atoms with Crippen LogP contribution in [0.15, 0.2) is 24.3 Å². The van der Waals surface area contributed by atoms with Crippen LogP contribution in [0.4, 0.5) is 4.39 Å². The Morgan fingerprint density at radius 2 is 1.76 bits per heavy atom. The van der Waals surface area contributed by atoms with E-state index in [0.717, 1.165) is 5.56 Å². The molecule has 1 aromatic rings. The van der Waals surface area contributed by atoms with Gasteiger partial charge in [-0.15, -0.1) is 11.6 Å². The lowest BCUT2D eigenvalue weighted by Gasteiger charge is -2.39. The van der Waals surface area contributed by atoms with Crippen molar-refractivity contribution in [2.75, 3.05) is 31.9 Å². The fourth-order valence-electron chi connectivity index (χ4n) is 4.05. The van der Waals surface area contributed by atoms with Gasteiger partial charge in [-0.3, -0.25) is 9.59 Å². The van der Waals surface area contributed by atoms with Crippen molar-refractivity contribution in [2.45, 2.75) is 64.4 Å². The number of sulfonamides is 1. The normalized spacial score (nSPS) is 16.1. The van der Waals surface area contributed by atoms with E-state index in [9.17, 15) is 22.4 Å². The van der Waals surface area contributed by atoms with Crippen LogP contribution < -0.4 is 0 Å². The minimum absolute atomic E-state index is 0.00461. The van der Waals surface area contributed by atoms with Crippen LogP contribution in [-0.2, 0) is 26.2 Å². The van der Waals surface area contributed by atoms with Crippen molar-refractivity contribution in [2.24, 2.45) is 0 Å². The van der Waals surface area contributed by atoms with Gasteiger partial charge < -0.3 is 9.80 Å². The zero-order valence-electron chi connectivity index (χ0n) is 19.7. The molecule has 186 valence electrons. The zero-order chi connectivity index (χ0) is 24.6. The third-order valence-corrected chi connectivity index (χ3v) is 7.99. The van der Waals surface area contributed by atoms with Gasteiger partial charge in [0.05, 0.1) is 12.3 Å². The summed E-state index contributed by atoms with van der Waals surface area (Å²) < 4.78 is 40.0. The van der Waals surface area contributed by atoms with Gasteiger partial charge in [-0.2, -0.15) is 4.31 Å². The van der Waals surface area contributed by atoms with Crippen molar-refractivity contribution >= 4 is 33.4 Å². The largest absolute Gasteiger partial charge is 0.341 e. The maximum absolute atomic E-state index is 13.4. The number of hydrogen-bond donors (Lipinski definition) is 0. The van der Waals surface area contributed by atoms with Gasteiger partial charge in [-0.1, -0.05) is 26.0 Å². The molecule has 0 saturated carbocycles. The lowest BCUT2D eigenvalue weighted by atomic mass is 10.0. The monoisotopic (exact) mass is 503 g/mol. The summed E-state index contributed by atoms with van der Waals surface area (Å²) in [5, 5.41) is -0.607. The first-order valence-electron chi connectivity index (χ1n) is 11.5. The predicted octanol–water partition coefficient (Wildman–Crippen LogP) is 3.22. The van der Waals surface area contributed by atoms with Crippen LogP contribution in [0.5, 0.6) is 0 Å². The van der Waals surface area contributed by atoms with E-state index >= 15 is 0 Å². The van der Waals surface area contributed by atoms with Gasteiger partial charge in [0.2, 0.25) is 21.8 Å². The predicted molar refractivity (Wildman–Crippen MR) is 128 cm³/mol. The first kappa shape index (κ1) is 27.5. The third kappa shape index (κ3) is 7.93. The summed E-state index contributed by atoms with van der Waals surface area (Å²) in [4.78, 5) is 29.0. The Bertz CT molecular complexity index is 887. The summed E-state index contributed by atoms with van der Waals surface area (Å²) in [6, 6.07) is 5.78. The molecule has 1 saturated heterocycles. The molecule has 33 heavy (non-hydrogen) atoms. The minimum Gasteiger partial charge on any atom is -0.341 e. The van der Waals surface area contributed by atoms with E-state index in [4.69, 9.17) is 11.6 Å². The quantitative estimate of drug-likeness (QED) is 0.434. The molecule has 1 aliphatic heterocycles. The SMILES string of the molecule is CCCN(CC(=O)N(Cc1ccc(F)cc1)C1CCN(C(=O)[C@H](C)Cl)CC1)S(=O)(=O)CCC. The number of carbonyl (C=O) groups excluding carboxylic acids is 2. The molecule has 0 bridgehead atoms. The van der Waals surface area contributed by atoms with Crippen LogP contribution in [0.2, 0.25) is 0 Å². The number of amides is 2. The van der Waals surface area contributed by atoms with E-state index in [0.29, 0.717) is 38.8 Å². The highest BCUT2D eigenvalue weighted by atomic mass is 35.5. The number of piperidine rings is 1. The lowest BCUT2D eigenvalue weighted by Crippen LogP contribution is -2.52. The molecule has 0 radical (unpaired) electrons. The molecule has 0 aliphatic carbocycles. The fraction of sp³-hybridized carbons (Fsp3) is 0.652. The van der Waals surface area contributed by atoms with Crippen LogP contribution >= 0.6 is 11.6 Å². The van der Waals surface area contributed by atoms with Crippen molar-refractivity contribution < 1.29 is 22.4 Å². The average molecular weight is 504 g/mol. The van der Waals surface area contributed by atoms with Gasteiger partial charge in [0, 0.05) is 32.2 Å². The van der Waals surface area contributed by atoms with E-state index in [1.807, 2.05) is 6.92 Å². The molecule has 0 N–H and O–H groups in total. The molecule has 2 amide bonds. The van der Waals surface area contributed by atoms with Gasteiger partial charge in [-0.25, -0.2) is 12.8 Å². The number of halogens is 2. The molecule has 1 aromatic carbocycles. The molecule has 10 heteroatoms. The fourth-order valence-corrected chi connectivity index (χ4v) is 5.73. The summed E-state index contributed by atoms with van der Waals surface area (Å²) in [7, 11) is -3.53. The lowest BCUT2D eigenvalue weighted by molar-refractivity contribution is -0.137. The topological polar surface area (TPSA) is 78.0 Å². The number of rotatable bonds is 11. The molecular weight excluding hydrogens is 469 g/mol. The minimum atomic E-state index is -3.53. The van der Waals surface area contributed by atoms with Crippen LogP contribution in [-0.4, -0.2) is 77.7 Å². The van der Waals surface area contributed by atoms with Gasteiger partial charge in [0.25, 0.3) is 0 Å². The highest BCUT2D eigenvalue weighted by Gasteiger charge is 2.33. The number of carbonyl (C=O) groups is 2. The number of nitrogens with zero attached hydrogens (tertiary/aromatic N) is 3. The Morgan fingerprint density at radius 3 is 2.27 bits per heavy atom. The Morgan fingerprint density at radius 1 is 1.15 bits per heavy atom.